The summed E-state index contributed by atoms with van der Waals surface area (Å²) in [5.74, 6) is 0.0570. The lowest BCUT2D eigenvalue weighted by Gasteiger charge is -2.04. The average molecular weight is 292 g/mol. The van der Waals surface area contributed by atoms with E-state index in [2.05, 4.69) is 4.98 Å². The third-order valence-corrected chi connectivity index (χ3v) is 2.15. The van der Waals surface area contributed by atoms with E-state index in [1.807, 2.05) is 29.5 Å². The van der Waals surface area contributed by atoms with Crippen LogP contribution in [0.3, 0.4) is 0 Å². The minimum Gasteiger partial charge on any atom is -0.477 e. The third-order valence-electron chi connectivity index (χ3n) is 1.37. The van der Waals surface area contributed by atoms with Crippen molar-refractivity contribution in [1.82, 2.24) is 4.98 Å². The number of ether oxygens (including phenoxy) is 1. The van der Waals surface area contributed by atoms with Crippen LogP contribution in [-0.4, -0.2) is 17.5 Å². The van der Waals surface area contributed by atoms with Gasteiger partial charge in [-0.15, -0.1) is 0 Å². The fraction of sp³-hybridized carbons (Fsp3) is 0.250. The van der Waals surface area contributed by atoms with E-state index in [1.54, 1.807) is 6.07 Å². The predicted octanol–water partition coefficient (Wildman–Crippen LogP) is 1.18. The van der Waals surface area contributed by atoms with Crippen molar-refractivity contribution in [2.24, 2.45) is 5.73 Å². The Bertz CT molecular complexity index is 328. The molecule has 2 N–H and O–H groups in total. The topological polar surface area (TPSA) is 65.2 Å². The molecule has 0 aliphatic carbocycles. The number of carbonyl (C=O) groups excluding carboxylic acids is 1. The summed E-state index contributed by atoms with van der Waals surface area (Å²) < 4.78 is 5.99. The van der Waals surface area contributed by atoms with Crippen molar-refractivity contribution >= 4 is 28.5 Å². The van der Waals surface area contributed by atoms with Crippen LogP contribution >= 0.6 is 22.6 Å². The van der Waals surface area contributed by atoms with Crippen molar-refractivity contribution in [3.63, 3.8) is 0 Å². The highest BCUT2D eigenvalue weighted by atomic mass is 127. The second kappa shape index (κ2) is 4.40. The molecule has 0 unspecified atom stereocenters. The highest BCUT2D eigenvalue weighted by Crippen LogP contribution is 2.18. The molecule has 0 spiro atoms. The SMILES string of the molecule is CCOc1ncc(C(N)=O)cc1I. The van der Waals surface area contributed by atoms with E-state index in [1.165, 1.54) is 6.20 Å². The smallest absolute Gasteiger partial charge is 0.250 e. The Balaban J connectivity index is 2.98. The maximum absolute atomic E-state index is 10.8. The number of hydrogen-bond acceptors (Lipinski definition) is 3. The summed E-state index contributed by atoms with van der Waals surface area (Å²) >= 11 is 2.05. The maximum Gasteiger partial charge on any atom is 0.250 e. The number of pyridine rings is 1. The average Bonchev–Trinajstić information content (AvgIpc) is 2.08. The van der Waals surface area contributed by atoms with E-state index in [-0.39, 0.29) is 0 Å². The van der Waals surface area contributed by atoms with E-state index < -0.39 is 5.91 Å². The van der Waals surface area contributed by atoms with Crippen molar-refractivity contribution in [1.29, 1.82) is 0 Å². The van der Waals surface area contributed by atoms with Crippen molar-refractivity contribution in [2.45, 2.75) is 6.92 Å². The molecule has 1 rings (SSSR count). The lowest BCUT2D eigenvalue weighted by molar-refractivity contribution is 0.1000. The first-order valence-electron chi connectivity index (χ1n) is 3.73. The Morgan fingerprint density at radius 3 is 2.92 bits per heavy atom. The number of primary amides is 1. The van der Waals surface area contributed by atoms with Gasteiger partial charge >= 0.3 is 0 Å². The van der Waals surface area contributed by atoms with Gasteiger partial charge in [0.25, 0.3) is 0 Å². The van der Waals surface area contributed by atoms with Gasteiger partial charge in [-0.2, -0.15) is 0 Å². The lowest BCUT2D eigenvalue weighted by atomic mass is 10.3. The van der Waals surface area contributed by atoms with Crippen LogP contribution in [0.1, 0.15) is 17.3 Å². The summed E-state index contributed by atoms with van der Waals surface area (Å²) in [6.45, 7) is 2.43. The minimum atomic E-state index is -0.478. The van der Waals surface area contributed by atoms with Gasteiger partial charge in [0.15, 0.2) is 0 Å². The summed E-state index contributed by atoms with van der Waals surface area (Å²) in [4.78, 5) is 14.7. The van der Waals surface area contributed by atoms with Gasteiger partial charge in [0.2, 0.25) is 11.8 Å². The first kappa shape index (κ1) is 10.2. The molecule has 1 aromatic rings. The molecule has 13 heavy (non-hydrogen) atoms. The molecule has 1 heterocycles. The Morgan fingerprint density at radius 2 is 2.46 bits per heavy atom. The second-order valence-electron chi connectivity index (χ2n) is 2.31. The fourth-order valence-corrected chi connectivity index (χ4v) is 1.43. The van der Waals surface area contributed by atoms with Crippen LogP contribution in [0.15, 0.2) is 12.3 Å². The number of hydrogen-bond donors (Lipinski definition) is 1. The highest BCUT2D eigenvalue weighted by Gasteiger charge is 2.06. The van der Waals surface area contributed by atoms with Crippen molar-refractivity contribution in [3.05, 3.63) is 21.4 Å². The van der Waals surface area contributed by atoms with Gasteiger partial charge in [0.1, 0.15) is 0 Å². The zero-order valence-corrected chi connectivity index (χ0v) is 9.24. The van der Waals surface area contributed by atoms with Crippen LogP contribution in [0.4, 0.5) is 0 Å². The molecule has 0 saturated heterocycles. The number of halogens is 1. The number of aromatic nitrogens is 1. The number of amides is 1. The largest absolute Gasteiger partial charge is 0.477 e. The van der Waals surface area contributed by atoms with E-state index >= 15 is 0 Å². The molecule has 0 atom stereocenters. The first-order chi connectivity index (χ1) is 6.15. The molecule has 0 aliphatic rings. The summed E-state index contributed by atoms with van der Waals surface area (Å²) in [7, 11) is 0. The standard InChI is InChI=1S/C8H9IN2O2/c1-2-13-8-6(9)3-5(4-11-8)7(10)12/h3-4H,2H2,1H3,(H2,10,12). The third kappa shape index (κ3) is 2.55. The molecular weight excluding hydrogens is 283 g/mol. The molecule has 1 aromatic heterocycles. The van der Waals surface area contributed by atoms with Gasteiger partial charge in [0.05, 0.1) is 15.7 Å². The van der Waals surface area contributed by atoms with Gasteiger partial charge in [-0.05, 0) is 35.6 Å². The van der Waals surface area contributed by atoms with Crippen LogP contribution in [-0.2, 0) is 0 Å². The zero-order chi connectivity index (χ0) is 9.84. The van der Waals surface area contributed by atoms with Crippen LogP contribution in [0, 0.1) is 3.57 Å². The van der Waals surface area contributed by atoms with E-state index in [4.69, 9.17) is 10.5 Å². The van der Waals surface area contributed by atoms with Gasteiger partial charge in [0, 0.05) is 6.20 Å². The maximum atomic E-state index is 10.8. The van der Waals surface area contributed by atoms with Crippen LogP contribution < -0.4 is 10.5 Å². The number of nitrogens with zero attached hydrogens (tertiary/aromatic N) is 1. The molecule has 0 fully saturated rings. The molecule has 0 radical (unpaired) electrons. The van der Waals surface area contributed by atoms with Gasteiger partial charge < -0.3 is 10.5 Å². The molecule has 0 bridgehead atoms. The van der Waals surface area contributed by atoms with Gasteiger partial charge in [-0.1, -0.05) is 0 Å². The minimum absolute atomic E-state index is 0.396. The van der Waals surface area contributed by atoms with Crippen LogP contribution in [0.5, 0.6) is 5.88 Å². The number of nitrogens with two attached hydrogens (primary N) is 1. The van der Waals surface area contributed by atoms with Crippen LogP contribution in [0.25, 0.3) is 0 Å². The number of carbonyl (C=O) groups is 1. The zero-order valence-electron chi connectivity index (χ0n) is 7.08. The summed E-state index contributed by atoms with van der Waals surface area (Å²) in [5.41, 5.74) is 5.48. The molecule has 70 valence electrons. The normalized spacial score (nSPS) is 9.69. The van der Waals surface area contributed by atoms with E-state index in [0.29, 0.717) is 18.1 Å². The fourth-order valence-electron chi connectivity index (χ4n) is 0.803. The lowest BCUT2D eigenvalue weighted by Crippen LogP contribution is -2.12. The highest BCUT2D eigenvalue weighted by molar-refractivity contribution is 14.1. The summed E-state index contributed by atoms with van der Waals surface area (Å²) in [5, 5.41) is 0. The number of rotatable bonds is 3. The Kier molecular flexibility index (Phi) is 3.47. The Labute approximate surface area is 89.6 Å². The monoisotopic (exact) mass is 292 g/mol. The summed E-state index contributed by atoms with van der Waals surface area (Å²) in [6, 6.07) is 1.65. The van der Waals surface area contributed by atoms with Crippen molar-refractivity contribution in [3.8, 4) is 5.88 Å². The van der Waals surface area contributed by atoms with E-state index in [9.17, 15) is 4.79 Å². The Morgan fingerprint density at radius 1 is 1.77 bits per heavy atom. The molecule has 0 saturated carbocycles. The summed E-state index contributed by atoms with van der Waals surface area (Å²) in [6.07, 6.45) is 1.41. The van der Waals surface area contributed by atoms with Crippen molar-refractivity contribution < 1.29 is 9.53 Å². The molecular formula is C8H9IN2O2. The van der Waals surface area contributed by atoms with Gasteiger partial charge in [-0.3, -0.25) is 4.79 Å². The molecule has 0 aromatic carbocycles. The van der Waals surface area contributed by atoms with Gasteiger partial charge in [-0.25, -0.2) is 4.98 Å². The van der Waals surface area contributed by atoms with Crippen molar-refractivity contribution in [2.75, 3.05) is 6.61 Å². The molecule has 5 heteroatoms. The molecule has 0 aliphatic heterocycles. The quantitative estimate of drug-likeness (QED) is 0.851. The Hall–Kier alpha value is -0.850. The molecule has 4 nitrogen and oxygen atoms in total. The van der Waals surface area contributed by atoms with E-state index in [0.717, 1.165) is 3.57 Å². The molecule has 1 amide bonds. The second-order valence-corrected chi connectivity index (χ2v) is 3.47. The van der Waals surface area contributed by atoms with Crippen LogP contribution in [0.2, 0.25) is 0 Å². The predicted molar refractivity (Wildman–Crippen MR) is 56.6 cm³/mol. The first-order valence-corrected chi connectivity index (χ1v) is 4.81.